The van der Waals surface area contributed by atoms with Gasteiger partial charge in [0.15, 0.2) is 5.13 Å². The van der Waals surface area contributed by atoms with Crippen molar-refractivity contribution in [3.05, 3.63) is 63.6 Å². The second-order valence-corrected chi connectivity index (χ2v) is 12.1. The number of nitrogens with one attached hydrogen (secondary N) is 2. The van der Waals surface area contributed by atoms with Gasteiger partial charge >= 0.3 is 0 Å². The van der Waals surface area contributed by atoms with Gasteiger partial charge in [0.2, 0.25) is 5.91 Å². The summed E-state index contributed by atoms with van der Waals surface area (Å²) in [5.41, 5.74) is 2.27. The minimum absolute atomic E-state index is 0.0722. The van der Waals surface area contributed by atoms with Gasteiger partial charge in [-0.15, -0.1) is 11.3 Å². The molecule has 0 aliphatic carbocycles. The fourth-order valence-electron chi connectivity index (χ4n) is 4.08. The maximum atomic E-state index is 14.3. The molecule has 182 valence electrons. The van der Waals surface area contributed by atoms with E-state index in [1.54, 1.807) is 12.1 Å². The van der Waals surface area contributed by atoms with Gasteiger partial charge in [0.1, 0.15) is 5.82 Å². The molecular formula is C25H31ClFN5OS. The van der Waals surface area contributed by atoms with Crippen LogP contribution in [0.2, 0.25) is 5.02 Å². The van der Waals surface area contributed by atoms with Crippen LogP contribution in [0.25, 0.3) is 0 Å². The maximum Gasteiger partial charge on any atom is 0.243 e. The third kappa shape index (κ3) is 5.19. The van der Waals surface area contributed by atoms with Crippen molar-refractivity contribution in [1.82, 2.24) is 20.1 Å². The minimum atomic E-state index is -0.481. The average Bonchev–Trinajstić information content (AvgIpc) is 3.47. The third-order valence-electron chi connectivity index (χ3n) is 6.07. The Labute approximate surface area is 208 Å². The number of carbonyl (C=O) groups is 1. The van der Waals surface area contributed by atoms with Crippen LogP contribution in [0.4, 0.5) is 9.52 Å². The van der Waals surface area contributed by atoms with E-state index in [1.165, 1.54) is 17.4 Å². The van der Waals surface area contributed by atoms with Crippen molar-refractivity contribution in [2.75, 3.05) is 5.32 Å². The second-order valence-electron chi connectivity index (χ2n) is 10.8. The number of thiazole rings is 1. The van der Waals surface area contributed by atoms with Crippen LogP contribution in [0.1, 0.15) is 76.9 Å². The lowest BCUT2D eigenvalue weighted by Crippen LogP contribution is -2.36. The van der Waals surface area contributed by atoms with Crippen molar-refractivity contribution >= 4 is 34.0 Å². The van der Waals surface area contributed by atoms with Gasteiger partial charge < -0.3 is 5.32 Å². The number of carbonyl (C=O) groups excluding carboxylic acids is 1. The first-order valence-electron chi connectivity index (χ1n) is 11.4. The van der Waals surface area contributed by atoms with E-state index in [1.807, 2.05) is 22.3 Å². The highest BCUT2D eigenvalue weighted by molar-refractivity contribution is 7.14. The molecule has 4 rings (SSSR count). The molecular weight excluding hydrogens is 473 g/mol. The first-order chi connectivity index (χ1) is 15.8. The van der Waals surface area contributed by atoms with Crippen LogP contribution in [0.15, 0.2) is 35.8 Å². The predicted octanol–water partition coefficient (Wildman–Crippen LogP) is 6.01. The van der Waals surface area contributed by atoms with Crippen LogP contribution in [-0.4, -0.2) is 26.7 Å². The molecule has 0 unspecified atom stereocenters. The molecule has 1 aromatic carbocycles. The van der Waals surface area contributed by atoms with Gasteiger partial charge in [0, 0.05) is 29.0 Å². The van der Waals surface area contributed by atoms with Crippen LogP contribution >= 0.6 is 22.9 Å². The molecule has 2 N–H and O–H groups in total. The summed E-state index contributed by atoms with van der Waals surface area (Å²) < 4.78 is 16.2. The maximum absolute atomic E-state index is 14.3. The summed E-state index contributed by atoms with van der Waals surface area (Å²) in [6.45, 7) is 12.5. The zero-order valence-electron chi connectivity index (χ0n) is 20.3. The van der Waals surface area contributed by atoms with Crippen LogP contribution in [0.5, 0.6) is 0 Å². The number of rotatable bonds is 4. The molecule has 3 heterocycles. The Kier molecular flexibility index (Phi) is 6.61. The summed E-state index contributed by atoms with van der Waals surface area (Å²) in [5, 5.41) is 13.8. The number of benzene rings is 1. The molecule has 3 aromatic rings. The summed E-state index contributed by atoms with van der Waals surface area (Å²) in [6, 6.07) is 6.00. The highest BCUT2D eigenvalue weighted by atomic mass is 35.5. The topological polar surface area (TPSA) is 71.8 Å². The number of anilines is 1. The quantitative estimate of drug-likeness (QED) is 0.457. The van der Waals surface area contributed by atoms with E-state index in [0.717, 1.165) is 17.0 Å². The molecule has 2 aromatic heterocycles. The van der Waals surface area contributed by atoms with Crippen LogP contribution < -0.4 is 10.6 Å². The Bertz CT molecular complexity index is 1190. The van der Waals surface area contributed by atoms with E-state index in [2.05, 4.69) is 57.2 Å². The van der Waals surface area contributed by atoms with E-state index in [0.29, 0.717) is 11.6 Å². The average molecular weight is 504 g/mol. The first-order valence-corrected chi connectivity index (χ1v) is 12.6. The molecule has 0 bridgehead atoms. The van der Waals surface area contributed by atoms with Gasteiger partial charge in [-0.1, -0.05) is 38.4 Å². The monoisotopic (exact) mass is 503 g/mol. The van der Waals surface area contributed by atoms with E-state index >= 15 is 0 Å². The second kappa shape index (κ2) is 9.06. The Morgan fingerprint density at radius 1 is 1.24 bits per heavy atom. The Morgan fingerprint density at radius 2 is 1.97 bits per heavy atom. The van der Waals surface area contributed by atoms with Gasteiger partial charge in [-0.05, 0) is 51.0 Å². The highest BCUT2D eigenvalue weighted by Gasteiger charge is 2.41. The van der Waals surface area contributed by atoms with Crippen LogP contribution in [-0.2, 0) is 15.7 Å². The fraction of sp³-hybridized carbons (Fsp3) is 0.480. The summed E-state index contributed by atoms with van der Waals surface area (Å²) in [5.74, 6) is -0.751. The number of amides is 1. The molecule has 1 aliphatic heterocycles. The van der Waals surface area contributed by atoms with E-state index in [-0.39, 0.29) is 33.8 Å². The molecule has 0 saturated carbocycles. The first kappa shape index (κ1) is 24.8. The molecule has 34 heavy (non-hydrogen) atoms. The summed E-state index contributed by atoms with van der Waals surface area (Å²) in [6.07, 6.45) is 2.48. The van der Waals surface area contributed by atoms with E-state index < -0.39 is 11.9 Å². The highest BCUT2D eigenvalue weighted by Crippen LogP contribution is 2.41. The van der Waals surface area contributed by atoms with Gasteiger partial charge in [-0.25, -0.2) is 9.37 Å². The Balaban J connectivity index is 1.60. The molecule has 6 nitrogen and oxygen atoms in total. The molecule has 9 heteroatoms. The molecule has 1 aliphatic rings. The molecule has 3 atom stereocenters. The zero-order valence-corrected chi connectivity index (χ0v) is 21.9. The van der Waals surface area contributed by atoms with Gasteiger partial charge in [-0.2, -0.15) is 5.10 Å². The smallest absolute Gasteiger partial charge is 0.243 e. The van der Waals surface area contributed by atoms with Gasteiger partial charge in [0.05, 0.1) is 28.0 Å². The van der Waals surface area contributed by atoms with Crippen molar-refractivity contribution in [1.29, 1.82) is 0 Å². The van der Waals surface area contributed by atoms with Crippen molar-refractivity contribution in [2.24, 2.45) is 0 Å². The molecule has 1 fully saturated rings. The third-order valence-corrected chi connectivity index (χ3v) is 7.14. The van der Waals surface area contributed by atoms with Gasteiger partial charge in [-0.3, -0.25) is 14.8 Å². The molecule has 0 radical (unpaired) electrons. The number of nitrogens with zero attached hydrogens (tertiary/aromatic N) is 3. The van der Waals surface area contributed by atoms with Crippen LogP contribution in [0.3, 0.4) is 0 Å². The Morgan fingerprint density at radius 3 is 2.56 bits per heavy atom. The van der Waals surface area contributed by atoms with Crippen molar-refractivity contribution in [3.8, 4) is 0 Å². The fourth-order valence-corrected chi connectivity index (χ4v) is 5.13. The van der Waals surface area contributed by atoms with Crippen molar-refractivity contribution in [3.63, 3.8) is 0 Å². The van der Waals surface area contributed by atoms with Gasteiger partial charge in [0.25, 0.3) is 0 Å². The van der Waals surface area contributed by atoms with E-state index in [4.69, 9.17) is 16.7 Å². The lowest BCUT2D eigenvalue weighted by molar-refractivity contribution is -0.117. The molecule has 0 spiro atoms. The molecule has 1 amide bonds. The SMILES string of the molecule is CC(C)(C)c1csc(NC(=O)[C@@H]2C[C@H](c3ccn(C(C)(C)C)n3)[C@H](c3ccc(Cl)c(F)c3)N2)n1. The van der Waals surface area contributed by atoms with Crippen LogP contribution in [0, 0.1) is 5.82 Å². The predicted molar refractivity (Wildman–Crippen MR) is 135 cm³/mol. The summed E-state index contributed by atoms with van der Waals surface area (Å²) in [4.78, 5) is 17.8. The molecule has 1 saturated heterocycles. The number of halogens is 2. The zero-order chi connectivity index (χ0) is 24.8. The summed E-state index contributed by atoms with van der Waals surface area (Å²) in [7, 11) is 0. The Hall–Kier alpha value is -2.29. The number of hydrogen-bond acceptors (Lipinski definition) is 5. The van der Waals surface area contributed by atoms with Crippen molar-refractivity contribution < 1.29 is 9.18 Å². The standard InChI is InChI=1S/C25H31ClFN5OS/c1-24(2,3)20-13-34-23(29-20)30-22(33)19-12-15(18-9-10-32(31-18)25(4,5)6)21(28-19)14-7-8-16(26)17(27)11-14/h7-11,13,15,19,21,28H,12H2,1-6H3,(H,29,30,33)/t15-,19+,21+/m1/s1. The normalized spacial score (nSPS) is 21.1. The minimum Gasteiger partial charge on any atom is -0.301 e. The largest absolute Gasteiger partial charge is 0.301 e. The lowest BCUT2D eigenvalue weighted by atomic mass is 9.90. The lowest BCUT2D eigenvalue weighted by Gasteiger charge is -2.21. The van der Waals surface area contributed by atoms with E-state index in [9.17, 15) is 9.18 Å². The summed E-state index contributed by atoms with van der Waals surface area (Å²) >= 11 is 7.33. The number of aromatic nitrogens is 3. The number of hydrogen-bond donors (Lipinski definition) is 2. The van der Waals surface area contributed by atoms with Crippen molar-refractivity contribution in [2.45, 2.75) is 76.9 Å².